The average molecular weight is 290 g/mol. The molecule has 0 radical (unpaired) electrons. The van der Waals surface area contributed by atoms with Crippen LogP contribution in [0.5, 0.6) is 5.75 Å². The van der Waals surface area contributed by atoms with Crippen molar-refractivity contribution in [2.24, 2.45) is 5.73 Å². The summed E-state index contributed by atoms with van der Waals surface area (Å²) in [6.07, 6.45) is 0.331. The van der Waals surface area contributed by atoms with E-state index in [2.05, 4.69) is 0 Å². The standard InChI is InChI=1S/C15H15FN2OS/c1-2-13(18)15(10-6-7-20-9-10)19-14-5-3-4-12(16)11(14)8-17/h3-7,9,13,15H,2,18H2,1H3. The Balaban J connectivity index is 2.34. The van der Waals surface area contributed by atoms with E-state index in [1.165, 1.54) is 12.1 Å². The van der Waals surface area contributed by atoms with Crippen LogP contribution in [0.2, 0.25) is 0 Å². The molecule has 0 bridgehead atoms. The minimum Gasteiger partial charge on any atom is -0.483 e. The van der Waals surface area contributed by atoms with E-state index >= 15 is 0 Å². The van der Waals surface area contributed by atoms with Crippen molar-refractivity contribution in [3.05, 3.63) is 52.0 Å². The van der Waals surface area contributed by atoms with Gasteiger partial charge in [0, 0.05) is 11.6 Å². The Morgan fingerprint density at radius 3 is 2.85 bits per heavy atom. The van der Waals surface area contributed by atoms with Gasteiger partial charge < -0.3 is 10.5 Å². The second-order valence-electron chi connectivity index (χ2n) is 4.39. The summed E-state index contributed by atoms with van der Waals surface area (Å²) in [7, 11) is 0. The van der Waals surface area contributed by atoms with Gasteiger partial charge in [0.25, 0.3) is 0 Å². The molecule has 2 unspecified atom stereocenters. The van der Waals surface area contributed by atoms with Gasteiger partial charge in [-0.3, -0.25) is 0 Å². The quantitative estimate of drug-likeness (QED) is 0.915. The fraction of sp³-hybridized carbons (Fsp3) is 0.267. The predicted molar refractivity (Wildman–Crippen MR) is 77.1 cm³/mol. The zero-order valence-corrected chi connectivity index (χ0v) is 11.9. The number of thiophene rings is 1. The van der Waals surface area contributed by atoms with Gasteiger partial charge in [0.15, 0.2) is 0 Å². The molecule has 104 valence electrons. The number of rotatable bonds is 5. The highest BCUT2D eigenvalue weighted by Gasteiger charge is 2.23. The predicted octanol–water partition coefficient (Wildman–Crippen LogP) is 3.62. The Bertz CT molecular complexity index is 607. The summed E-state index contributed by atoms with van der Waals surface area (Å²) in [5, 5.41) is 12.9. The summed E-state index contributed by atoms with van der Waals surface area (Å²) in [4.78, 5) is 0. The molecule has 2 rings (SSSR count). The Hall–Kier alpha value is -1.90. The molecular formula is C15H15FN2OS. The zero-order chi connectivity index (χ0) is 14.5. The maximum absolute atomic E-state index is 13.6. The van der Waals surface area contributed by atoms with Crippen LogP contribution >= 0.6 is 11.3 Å². The molecule has 0 amide bonds. The highest BCUT2D eigenvalue weighted by atomic mass is 32.1. The van der Waals surface area contributed by atoms with E-state index in [9.17, 15) is 4.39 Å². The van der Waals surface area contributed by atoms with Gasteiger partial charge in [-0.05, 0) is 35.4 Å². The van der Waals surface area contributed by atoms with E-state index in [0.29, 0.717) is 0 Å². The molecule has 2 N–H and O–H groups in total. The summed E-state index contributed by atoms with van der Waals surface area (Å²) in [5.41, 5.74) is 6.94. The lowest BCUT2D eigenvalue weighted by Gasteiger charge is -2.24. The van der Waals surface area contributed by atoms with Crippen molar-refractivity contribution in [3.63, 3.8) is 0 Å². The van der Waals surface area contributed by atoms with Gasteiger partial charge in [-0.2, -0.15) is 16.6 Å². The first-order chi connectivity index (χ1) is 9.67. The Labute approximate surface area is 121 Å². The summed E-state index contributed by atoms with van der Waals surface area (Å²) in [5.74, 6) is -0.355. The van der Waals surface area contributed by atoms with Crippen molar-refractivity contribution < 1.29 is 9.13 Å². The van der Waals surface area contributed by atoms with E-state index < -0.39 is 5.82 Å². The third-order valence-corrected chi connectivity index (χ3v) is 3.77. The zero-order valence-electron chi connectivity index (χ0n) is 11.0. The lowest BCUT2D eigenvalue weighted by atomic mass is 10.0. The summed E-state index contributed by atoms with van der Waals surface area (Å²) in [6.45, 7) is 1.96. The van der Waals surface area contributed by atoms with Crippen molar-refractivity contribution in [2.75, 3.05) is 0 Å². The third-order valence-electron chi connectivity index (χ3n) is 3.07. The molecule has 0 aliphatic carbocycles. The Kier molecular flexibility index (Phi) is 4.72. The molecule has 1 heterocycles. The van der Waals surface area contributed by atoms with Crippen molar-refractivity contribution in [2.45, 2.75) is 25.5 Å². The summed E-state index contributed by atoms with van der Waals surface area (Å²) in [6, 6.07) is 7.89. The number of nitrogens with zero attached hydrogens (tertiary/aromatic N) is 1. The van der Waals surface area contributed by atoms with Crippen LogP contribution in [0, 0.1) is 17.1 Å². The molecule has 0 saturated carbocycles. The number of hydrogen-bond donors (Lipinski definition) is 1. The van der Waals surface area contributed by atoms with E-state index in [-0.39, 0.29) is 23.5 Å². The number of nitriles is 1. The van der Waals surface area contributed by atoms with Gasteiger partial charge in [0.05, 0.1) is 0 Å². The van der Waals surface area contributed by atoms with Crippen molar-refractivity contribution in [1.82, 2.24) is 0 Å². The molecule has 2 aromatic rings. The van der Waals surface area contributed by atoms with E-state index in [1.54, 1.807) is 17.4 Å². The van der Waals surface area contributed by atoms with E-state index in [4.69, 9.17) is 15.7 Å². The molecule has 0 saturated heterocycles. The highest BCUT2D eigenvalue weighted by Crippen LogP contribution is 2.30. The molecule has 1 aromatic carbocycles. The second-order valence-corrected chi connectivity index (χ2v) is 5.17. The summed E-state index contributed by atoms with van der Waals surface area (Å²) >= 11 is 1.54. The molecule has 20 heavy (non-hydrogen) atoms. The van der Waals surface area contributed by atoms with Gasteiger partial charge in [-0.25, -0.2) is 4.39 Å². The van der Waals surface area contributed by atoms with Crippen molar-refractivity contribution in [3.8, 4) is 11.8 Å². The molecule has 1 aromatic heterocycles. The van der Waals surface area contributed by atoms with Crippen LogP contribution in [0.4, 0.5) is 4.39 Å². The van der Waals surface area contributed by atoms with Crippen LogP contribution in [-0.4, -0.2) is 6.04 Å². The minimum atomic E-state index is -0.584. The molecule has 5 heteroatoms. The normalized spacial score (nSPS) is 13.5. The summed E-state index contributed by atoms with van der Waals surface area (Å²) < 4.78 is 19.4. The van der Waals surface area contributed by atoms with Crippen LogP contribution in [-0.2, 0) is 0 Å². The lowest BCUT2D eigenvalue weighted by Crippen LogP contribution is -2.31. The largest absolute Gasteiger partial charge is 0.483 e. The maximum atomic E-state index is 13.6. The Morgan fingerprint density at radius 1 is 1.45 bits per heavy atom. The van der Waals surface area contributed by atoms with Gasteiger partial charge >= 0.3 is 0 Å². The van der Waals surface area contributed by atoms with Crippen molar-refractivity contribution in [1.29, 1.82) is 5.26 Å². The molecule has 3 nitrogen and oxygen atoms in total. The van der Waals surface area contributed by atoms with Crippen LogP contribution in [0.15, 0.2) is 35.0 Å². The van der Waals surface area contributed by atoms with E-state index in [1.807, 2.05) is 29.8 Å². The monoisotopic (exact) mass is 290 g/mol. The number of nitrogens with two attached hydrogens (primary N) is 1. The number of ether oxygens (including phenoxy) is 1. The smallest absolute Gasteiger partial charge is 0.144 e. The lowest BCUT2D eigenvalue weighted by molar-refractivity contribution is 0.170. The maximum Gasteiger partial charge on any atom is 0.144 e. The molecule has 0 spiro atoms. The third kappa shape index (κ3) is 2.98. The first-order valence-corrected chi connectivity index (χ1v) is 7.24. The fourth-order valence-electron chi connectivity index (χ4n) is 1.90. The molecule has 0 aliphatic rings. The van der Waals surface area contributed by atoms with Crippen LogP contribution in [0.3, 0.4) is 0 Å². The van der Waals surface area contributed by atoms with Gasteiger partial charge in [0.2, 0.25) is 0 Å². The minimum absolute atomic E-state index is 0.0870. The fourth-order valence-corrected chi connectivity index (χ4v) is 2.59. The Morgan fingerprint density at radius 2 is 2.25 bits per heavy atom. The average Bonchev–Trinajstić information content (AvgIpc) is 2.98. The highest BCUT2D eigenvalue weighted by molar-refractivity contribution is 7.07. The van der Waals surface area contributed by atoms with Gasteiger partial charge in [-0.1, -0.05) is 13.0 Å². The first-order valence-electron chi connectivity index (χ1n) is 6.30. The number of halogens is 1. The van der Waals surface area contributed by atoms with Crippen LogP contribution in [0.1, 0.15) is 30.6 Å². The molecule has 0 fully saturated rings. The van der Waals surface area contributed by atoms with E-state index in [0.717, 1.165) is 12.0 Å². The molecular weight excluding hydrogens is 275 g/mol. The van der Waals surface area contributed by atoms with Crippen LogP contribution in [0.25, 0.3) is 0 Å². The molecule has 2 atom stereocenters. The van der Waals surface area contributed by atoms with Crippen LogP contribution < -0.4 is 10.5 Å². The topological polar surface area (TPSA) is 59.0 Å². The SMILES string of the molecule is CCC(N)C(Oc1cccc(F)c1C#N)c1ccsc1. The number of benzene rings is 1. The van der Waals surface area contributed by atoms with Gasteiger partial charge in [-0.15, -0.1) is 0 Å². The van der Waals surface area contributed by atoms with Gasteiger partial charge in [0.1, 0.15) is 29.3 Å². The van der Waals surface area contributed by atoms with Crippen molar-refractivity contribution >= 4 is 11.3 Å². The second kappa shape index (κ2) is 6.51. The molecule has 0 aliphatic heterocycles. The number of hydrogen-bond acceptors (Lipinski definition) is 4. The first kappa shape index (κ1) is 14.5.